The van der Waals surface area contributed by atoms with Gasteiger partial charge in [-0.1, -0.05) is 66.7 Å². The molecule has 0 unspecified atom stereocenters. The van der Waals surface area contributed by atoms with E-state index in [1.54, 1.807) is 11.8 Å². The highest BCUT2D eigenvalue weighted by Gasteiger charge is 2.28. The highest BCUT2D eigenvalue weighted by molar-refractivity contribution is 8.15. The molecule has 0 spiro atoms. The summed E-state index contributed by atoms with van der Waals surface area (Å²) in [5.41, 5.74) is 7.18. The van der Waals surface area contributed by atoms with Crippen LogP contribution in [0.5, 0.6) is 0 Å². The Hall–Kier alpha value is -2.62. The lowest BCUT2D eigenvalue weighted by Crippen LogP contribution is -2.18. The summed E-state index contributed by atoms with van der Waals surface area (Å²) in [5.74, 6) is 0. The quantitative estimate of drug-likeness (QED) is 0.305. The van der Waals surface area contributed by atoms with Crippen molar-refractivity contribution in [1.29, 1.82) is 0 Å². The number of anilines is 3. The van der Waals surface area contributed by atoms with Crippen molar-refractivity contribution < 1.29 is 0 Å². The standard InChI is InChI=1S/C25H19NS2/c1-28-25(27)24-20-10-4-6-12-22(20)26(23-13-7-5-11-21(23)24)19-15-14-17-8-2-3-9-18(17)16-19/h2-16,27H,1H3. The third-order valence-corrected chi connectivity index (χ3v) is 6.59. The zero-order chi connectivity index (χ0) is 19.1. The van der Waals surface area contributed by atoms with E-state index in [0.717, 1.165) is 4.24 Å². The molecular weight excluding hydrogens is 378 g/mol. The Labute approximate surface area is 175 Å². The van der Waals surface area contributed by atoms with Gasteiger partial charge >= 0.3 is 0 Å². The van der Waals surface area contributed by atoms with Crippen LogP contribution in [-0.4, -0.2) is 6.26 Å². The van der Waals surface area contributed by atoms with Crippen LogP contribution >= 0.6 is 24.4 Å². The average molecular weight is 398 g/mol. The number of para-hydroxylation sites is 2. The Kier molecular flexibility index (Phi) is 4.42. The van der Waals surface area contributed by atoms with Crippen LogP contribution in [0.3, 0.4) is 0 Å². The average Bonchev–Trinajstić information content (AvgIpc) is 2.76. The fourth-order valence-electron chi connectivity index (χ4n) is 3.96. The van der Waals surface area contributed by atoms with E-state index in [-0.39, 0.29) is 0 Å². The van der Waals surface area contributed by atoms with Crippen LogP contribution in [0.15, 0.2) is 95.2 Å². The van der Waals surface area contributed by atoms with E-state index in [0.29, 0.717) is 0 Å². The molecule has 5 rings (SSSR count). The summed E-state index contributed by atoms with van der Waals surface area (Å²) in [6.07, 6.45) is 2.08. The van der Waals surface area contributed by atoms with Crippen LogP contribution in [0, 0.1) is 0 Å². The maximum absolute atomic E-state index is 4.81. The first-order valence-corrected chi connectivity index (χ1v) is 10.9. The van der Waals surface area contributed by atoms with Gasteiger partial charge in [0, 0.05) is 26.6 Å². The number of hydrogen-bond donors (Lipinski definition) is 1. The monoisotopic (exact) mass is 397 g/mol. The molecule has 1 heterocycles. The summed E-state index contributed by atoms with van der Waals surface area (Å²) in [6, 6.07) is 32.4. The van der Waals surface area contributed by atoms with Crippen molar-refractivity contribution in [3.05, 3.63) is 106 Å². The molecule has 1 aliphatic heterocycles. The maximum Gasteiger partial charge on any atom is 0.0541 e. The predicted molar refractivity (Wildman–Crippen MR) is 127 cm³/mol. The van der Waals surface area contributed by atoms with Gasteiger partial charge in [-0.05, 0) is 41.3 Å². The second-order valence-corrected chi connectivity index (χ2v) is 8.35. The summed E-state index contributed by atoms with van der Waals surface area (Å²) >= 11 is 6.49. The molecule has 0 aliphatic carbocycles. The van der Waals surface area contributed by atoms with Crippen LogP contribution in [0.4, 0.5) is 17.1 Å². The Bertz CT molecular complexity index is 1180. The van der Waals surface area contributed by atoms with Crippen molar-refractivity contribution in [1.82, 2.24) is 0 Å². The van der Waals surface area contributed by atoms with E-state index < -0.39 is 0 Å². The van der Waals surface area contributed by atoms with Crippen molar-refractivity contribution in [3.63, 3.8) is 0 Å². The summed E-state index contributed by atoms with van der Waals surface area (Å²) in [4.78, 5) is 2.36. The Morgan fingerprint density at radius 1 is 0.714 bits per heavy atom. The van der Waals surface area contributed by atoms with Gasteiger partial charge in [-0.25, -0.2) is 0 Å². The van der Waals surface area contributed by atoms with Crippen molar-refractivity contribution in [2.45, 2.75) is 0 Å². The Balaban J connectivity index is 1.82. The molecule has 3 heteroatoms. The zero-order valence-electron chi connectivity index (χ0n) is 15.5. The molecule has 0 atom stereocenters. The first kappa shape index (κ1) is 17.5. The molecule has 4 aromatic carbocycles. The SMILES string of the molecule is CSC(S)=C1c2ccccc2N(c2ccc3ccccc3c2)c2ccccc21. The highest BCUT2D eigenvalue weighted by Crippen LogP contribution is 2.51. The van der Waals surface area contributed by atoms with Crippen molar-refractivity contribution in [2.24, 2.45) is 0 Å². The van der Waals surface area contributed by atoms with Crippen molar-refractivity contribution >= 4 is 57.8 Å². The molecular formula is C25H19NS2. The normalized spacial score (nSPS) is 12.6. The molecule has 0 fully saturated rings. The zero-order valence-corrected chi connectivity index (χ0v) is 17.2. The minimum atomic E-state index is 1.04. The van der Waals surface area contributed by atoms with Gasteiger partial charge in [0.2, 0.25) is 0 Å². The van der Waals surface area contributed by atoms with E-state index in [2.05, 4.69) is 102 Å². The molecule has 0 aromatic heterocycles. The van der Waals surface area contributed by atoms with Crippen LogP contribution in [0.1, 0.15) is 11.1 Å². The Morgan fingerprint density at radius 2 is 1.29 bits per heavy atom. The lowest BCUT2D eigenvalue weighted by molar-refractivity contribution is 1.24. The van der Waals surface area contributed by atoms with Crippen LogP contribution in [-0.2, 0) is 0 Å². The number of hydrogen-bond acceptors (Lipinski definition) is 3. The lowest BCUT2D eigenvalue weighted by Gasteiger charge is -2.35. The predicted octanol–water partition coefficient (Wildman–Crippen LogP) is 7.63. The van der Waals surface area contributed by atoms with Gasteiger partial charge in [0.1, 0.15) is 0 Å². The molecule has 1 nitrogen and oxygen atoms in total. The van der Waals surface area contributed by atoms with Gasteiger partial charge in [0.05, 0.1) is 11.4 Å². The highest BCUT2D eigenvalue weighted by atomic mass is 32.2. The van der Waals surface area contributed by atoms with Crippen LogP contribution in [0.25, 0.3) is 16.3 Å². The molecule has 4 aromatic rings. The van der Waals surface area contributed by atoms with E-state index in [1.165, 1.54) is 44.5 Å². The maximum atomic E-state index is 4.81. The lowest BCUT2D eigenvalue weighted by atomic mass is 9.90. The first-order chi connectivity index (χ1) is 13.8. The summed E-state index contributed by atoms with van der Waals surface area (Å²) < 4.78 is 1.04. The molecule has 0 N–H and O–H groups in total. The molecule has 0 saturated heterocycles. The number of nitrogens with zero attached hydrogens (tertiary/aromatic N) is 1. The minimum Gasteiger partial charge on any atom is -0.309 e. The number of thiol groups is 1. The summed E-state index contributed by atoms with van der Waals surface area (Å²) in [5, 5.41) is 2.50. The smallest absolute Gasteiger partial charge is 0.0541 e. The third-order valence-electron chi connectivity index (χ3n) is 5.23. The number of rotatable bonds is 2. The van der Waals surface area contributed by atoms with Gasteiger partial charge in [-0.15, -0.1) is 24.4 Å². The fraction of sp³-hybridized carbons (Fsp3) is 0.0400. The molecule has 0 amide bonds. The minimum absolute atomic E-state index is 1.04. The first-order valence-electron chi connectivity index (χ1n) is 9.23. The van der Waals surface area contributed by atoms with Gasteiger partial charge in [0.25, 0.3) is 0 Å². The number of thioether (sulfide) groups is 1. The van der Waals surface area contributed by atoms with Crippen LogP contribution < -0.4 is 4.90 Å². The number of fused-ring (bicyclic) bond motifs is 3. The van der Waals surface area contributed by atoms with E-state index in [4.69, 9.17) is 12.6 Å². The van der Waals surface area contributed by atoms with E-state index >= 15 is 0 Å². The molecule has 0 bridgehead atoms. The third kappa shape index (κ3) is 2.74. The fourth-order valence-corrected chi connectivity index (χ4v) is 4.63. The summed E-state index contributed by atoms with van der Waals surface area (Å²) in [6.45, 7) is 0. The van der Waals surface area contributed by atoms with Crippen molar-refractivity contribution in [2.75, 3.05) is 11.2 Å². The molecule has 1 aliphatic rings. The molecule has 136 valence electrons. The second-order valence-electron chi connectivity index (χ2n) is 6.79. The van der Waals surface area contributed by atoms with Crippen LogP contribution in [0.2, 0.25) is 0 Å². The van der Waals surface area contributed by atoms with Gasteiger partial charge in [-0.3, -0.25) is 0 Å². The van der Waals surface area contributed by atoms with Gasteiger partial charge < -0.3 is 4.90 Å². The van der Waals surface area contributed by atoms with Gasteiger partial charge in [-0.2, -0.15) is 0 Å². The topological polar surface area (TPSA) is 3.24 Å². The van der Waals surface area contributed by atoms with E-state index in [1.807, 2.05) is 0 Å². The van der Waals surface area contributed by atoms with Crippen molar-refractivity contribution in [3.8, 4) is 0 Å². The molecule has 0 saturated carbocycles. The van der Waals surface area contributed by atoms with E-state index in [9.17, 15) is 0 Å². The Morgan fingerprint density at radius 3 is 1.93 bits per heavy atom. The molecule has 28 heavy (non-hydrogen) atoms. The summed E-state index contributed by atoms with van der Waals surface area (Å²) in [7, 11) is 0. The van der Waals surface area contributed by atoms with Gasteiger partial charge in [0.15, 0.2) is 0 Å². The second kappa shape index (κ2) is 7.08. The molecule has 0 radical (unpaired) electrons. The largest absolute Gasteiger partial charge is 0.309 e. The number of benzene rings is 4.